The van der Waals surface area contributed by atoms with Gasteiger partial charge in [-0.05, 0) is 31.5 Å². The quantitative estimate of drug-likeness (QED) is 0.792. The molecule has 1 aliphatic heterocycles. The standard InChI is InChI=1S/C10H12BrNO/c1-6-2-3-7(11)9(10(6)13)8-4-5-12-8/h2-3,8,12-13H,4-5H2,1H3/t8-/m1/s1. The summed E-state index contributed by atoms with van der Waals surface area (Å²) in [5.41, 5.74) is 1.94. The molecule has 0 saturated carbocycles. The zero-order chi connectivity index (χ0) is 9.42. The number of phenols is 1. The highest BCUT2D eigenvalue weighted by Gasteiger charge is 2.24. The molecular weight excluding hydrogens is 230 g/mol. The van der Waals surface area contributed by atoms with E-state index in [2.05, 4.69) is 21.2 Å². The Labute approximate surface area is 86.1 Å². The van der Waals surface area contributed by atoms with Gasteiger partial charge in [0.1, 0.15) is 5.75 Å². The first-order valence-electron chi connectivity index (χ1n) is 4.41. The minimum Gasteiger partial charge on any atom is -0.507 e. The molecule has 0 aliphatic carbocycles. The lowest BCUT2D eigenvalue weighted by Gasteiger charge is -2.29. The van der Waals surface area contributed by atoms with Gasteiger partial charge < -0.3 is 10.4 Å². The molecule has 3 heteroatoms. The average Bonchev–Trinajstić information content (AvgIpc) is 2.02. The number of rotatable bonds is 1. The average molecular weight is 242 g/mol. The molecule has 70 valence electrons. The van der Waals surface area contributed by atoms with Crippen molar-refractivity contribution in [3.05, 3.63) is 27.7 Å². The number of hydrogen-bond acceptors (Lipinski definition) is 2. The Balaban J connectivity index is 2.46. The molecule has 0 bridgehead atoms. The summed E-state index contributed by atoms with van der Waals surface area (Å²) in [5.74, 6) is 0.423. The van der Waals surface area contributed by atoms with Gasteiger partial charge in [-0.1, -0.05) is 22.0 Å². The van der Waals surface area contributed by atoms with Gasteiger partial charge in [0.2, 0.25) is 0 Å². The van der Waals surface area contributed by atoms with Crippen LogP contribution >= 0.6 is 15.9 Å². The van der Waals surface area contributed by atoms with Gasteiger partial charge in [0.05, 0.1) is 0 Å². The third-order valence-corrected chi connectivity index (χ3v) is 3.23. The number of aromatic hydroxyl groups is 1. The Morgan fingerprint density at radius 1 is 1.54 bits per heavy atom. The van der Waals surface area contributed by atoms with Crippen molar-refractivity contribution in [3.8, 4) is 5.75 Å². The molecule has 1 atom stereocenters. The van der Waals surface area contributed by atoms with Gasteiger partial charge in [-0.25, -0.2) is 0 Å². The van der Waals surface area contributed by atoms with E-state index < -0.39 is 0 Å². The number of nitrogens with one attached hydrogen (secondary N) is 1. The van der Waals surface area contributed by atoms with E-state index in [0.29, 0.717) is 11.8 Å². The van der Waals surface area contributed by atoms with Crippen LogP contribution in [0.15, 0.2) is 16.6 Å². The fourth-order valence-electron chi connectivity index (χ4n) is 1.56. The van der Waals surface area contributed by atoms with Gasteiger partial charge >= 0.3 is 0 Å². The highest BCUT2D eigenvalue weighted by Crippen LogP contribution is 2.37. The second kappa shape index (κ2) is 3.31. The topological polar surface area (TPSA) is 32.3 Å². The first kappa shape index (κ1) is 9.03. The van der Waals surface area contributed by atoms with Crippen molar-refractivity contribution in [2.24, 2.45) is 0 Å². The lowest BCUT2D eigenvalue weighted by atomic mass is 9.95. The SMILES string of the molecule is Cc1ccc(Br)c([C@H]2CCN2)c1O. The van der Waals surface area contributed by atoms with Gasteiger partial charge in [-0.2, -0.15) is 0 Å². The van der Waals surface area contributed by atoms with Crippen molar-refractivity contribution in [3.63, 3.8) is 0 Å². The van der Waals surface area contributed by atoms with Crippen LogP contribution in [0.4, 0.5) is 0 Å². The Hall–Kier alpha value is -0.540. The minimum absolute atomic E-state index is 0.328. The lowest BCUT2D eigenvalue weighted by molar-refractivity contribution is 0.362. The van der Waals surface area contributed by atoms with Crippen molar-refractivity contribution in [1.82, 2.24) is 5.32 Å². The second-order valence-corrected chi connectivity index (χ2v) is 4.28. The molecule has 0 unspecified atom stereocenters. The highest BCUT2D eigenvalue weighted by molar-refractivity contribution is 9.10. The predicted molar refractivity (Wildman–Crippen MR) is 55.9 cm³/mol. The van der Waals surface area contributed by atoms with Crippen molar-refractivity contribution >= 4 is 15.9 Å². The highest BCUT2D eigenvalue weighted by atomic mass is 79.9. The molecule has 1 aromatic carbocycles. The first-order valence-corrected chi connectivity index (χ1v) is 5.21. The Kier molecular flexibility index (Phi) is 2.30. The Bertz CT molecular complexity index is 334. The van der Waals surface area contributed by atoms with E-state index in [1.54, 1.807) is 0 Å². The van der Waals surface area contributed by atoms with Crippen LogP contribution in [0.25, 0.3) is 0 Å². The fourth-order valence-corrected chi connectivity index (χ4v) is 2.16. The fraction of sp³-hybridized carbons (Fsp3) is 0.400. The zero-order valence-electron chi connectivity index (χ0n) is 7.47. The number of hydrogen-bond donors (Lipinski definition) is 2. The second-order valence-electron chi connectivity index (χ2n) is 3.42. The van der Waals surface area contributed by atoms with Crippen molar-refractivity contribution in [2.45, 2.75) is 19.4 Å². The van der Waals surface area contributed by atoms with E-state index in [1.165, 1.54) is 0 Å². The van der Waals surface area contributed by atoms with Gasteiger partial charge in [0.25, 0.3) is 0 Å². The zero-order valence-corrected chi connectivity index (χ0v) is 9.06. The summed E-state index contributed by atoms with van der Waals surface area (Å²) in [5, 5.41) is 13.1. The maximum Gasteiger partial charge on any atom is 0.124 e. The molecule has 0 amide bonds. The van der Waals surface area contributed by atoms with E-state index in [0.717, 1.165) is 28.6 Å². The largest absolute Gasteiger partial charge is 0.507 e. The van der Waals surface area contributed by atoms with Crippen LogP contribution in [-0.2, 0) is 0 Å². The van der Waals surface area contributed by atoms with Crippen LogP contribution in [0, 0.1) is 6.92 Å². The minimum atomic E-state index is 0.328. The molecule has 2 N–H and O–H groups in total. The van der Waals surface area contributed by atoms with Crippen LogP contribution in [0.1, 0.15) is 23.6 Å². The molecule has 0 aromatic heterocycles. The van der Waals surface area contributed by atoms with Crippen molar-refractivity contribution in [1.29, 1.82) is 0 Å². The molecule has 1 aromatic rings. The summed E-state index contributed by atoms with van der Waals surface area (Å²) in [6.07, 6.45) is 1.11. The van der Waals surface area contributed by atoms with Gasteiger partial charge in [-0.3, -0.25) is 0 Å². The third-order valence-electron chi connectivity index (χ3n) is 2.54. The van der Waals surface area contributed by atoms with E-state index in [-0.39, 0.29) is 0 Å². The van der Waals surface area contributed by atoms with Gasteiger partial charge in [-0.15, -0.1) is 0 Å². The summed E-state index contributed by atoms with van der Waals surface area (Å²) in [6.45, 7) is 2.97. The first-order chi connectivity index (χ1) is 6.20. The molecule has 13 heavy (non-hydrogen) atoms. The van der Waals surface area contributed by atoms with Crippen LogP contribution in [0.3, 0.4) is 0 Å². The van der Waals surface area contributed by atoms with Crippen LogP contribution in [0.5, 0.6) is 5.75 Å². The lowest BCUT2D eigenvalue weighted by Crippen LogP contribution is -2.35. The van der Waals surface area contributed by atoms with E-state index in [4.69, 9.17) is 0 Å². The molecule has 2 rings (SSSR count). The Morgan fingerprint density at radius 2 is 2.23 bits per heavy atom. The monoisotopic (exact) mass is 241 g/mol. The number of benzene rings is 1. The molecule has 0 radical (unpaired) electrons. The van der Waals surface area contributed by atoms with Gasteiger partial charge in [0.15, 0.2) is 0 Å². The van der Waals surface area contributed by atoms with E-state index in [1.807, 2.05) is 19.1 Å². The maximum absolute atomic E-state index is 9.84. The molecule has 1 fully saturated rings. The van der Waals surface area contributed by atoms with Crippen LogP contribution in [-0.4, -0.2) is 11.7 Å². The Morgan fingerprint density at radius 3 is 2.77 bits per heavy atom. The molecule has 1 saturated heterocycles. The summed E-state index contributed by atoms with van der Waals surface area (Å²) >= 11 is 3.46. The molecule has 1 heterocycles. The summed E-state index contributed by atoms with van der Waals surface area (Å²) < 4.78 is 0.993. The molecular formula is C10H12BrNO. The smallest absolute Gasteiger partial charge is 0.124 e. The molecule has 1 aliphatic rings. The van der Waals surface area contributed by atoms with Crippen molar-refractivity contribution < 1.29 is 5.11 Å². The maximum atomic E-state index is 9.84. The predicted octanol–water partition coefficient (Wildman–Crippen LogP) is 2.50. The van der Waals surface area contributed by atoms with Crippen molar-refractivity contribution in [2.75, 3.05) is 6.54 Å². The normalized spacial score (nSPS) is 21.2. The third kappa shape index (κ3) is 1.46. The van der Waals surface area contributed by atoms with E-state index in [9.17, 15) is 5.11 Å². The van der Waals surface area contributed by atoms with Gasteiger partial charge in [0, 0.05) is 16.1 Å². The van der Waals surface area contributed by atoms with Crippen LogP contribution < -0.4 is 5.32 Å². The number of phenolic OH excluding ortho intramolecular Hbond substituents is 1. The number of halogens is 1. The summed E-state index contributed by atoms with van der Waals surface area (Å²) in [6, 6.07) is 4.24. The number of aryl methyl sites for hydroxylation is 1. The van der Waals surface area contributed by atoms with E-state index >= 15 is 0 Å². The summed E-state index contributed by atoms with van der Waals surface area (Å²) in [4.78, 5) is 0. The molecule has 2 nitrogen and oxygen atoms in total. The summed E-state index contributed by atoms with van der Waals surface area (Å²) in [7, 11) is 0. The van der Waals surface area contributed by atoms with Crippen LogP contribution in [0.2, 0.25) is 0 Å². The molecule has 0 spiro atoms.